The van der Waals surface area contributed by atoms with Gasteiger partial charge in [0.1, 0.15) is 0 Å². The maximum Gasteiger partial charge on any atom is -0.0102 e. The number of aryl methyl sites for hydroxylation is 1. The summed E-state index contributed by atoms with van der Waals surface area (Å²) in [5.74, 6) is 0.664. The van der Waals surface area contributed by atoms with E-state index in [2.05, 4.69) is 78.9 Å². The van der Waals surface area contributed by atoms with E-state index < -0.39 is 0 Å². The Kier molecular flexibility index (Phi) is 3.16. The van der Waals surface area contributed by atoms with Crippen LogP contribution < -0.4 is 0 Å². The van der Waals surface area contributed by atoms with Gasteiger partial charge in [-0.05, 0) is 63.4 Å². The van der Waals surface area contributed by atoms with Gasteiger partial charge in [0.05, 0.1) is 0 Å². The topological polar surface area (TPSA) is 0 Å². The second-order valence-corrected chi connectivity index (χ2v) is 6.94. The van der Waals surface area contributed by atoms with Crippen molar-refractivity contribution in [3.8, 4) is 0 Å². The van der Waals surface area contributed by atoms with E-state index in [1.54, 1.807) is 5.56 Å². The highest BCUT2D eigenvalue weighted by molar-refractivity contribution is 6.08. The molecule has 0 amide bonds. The van der Waals surface area contributed by atoms with Crippen LogP contribution >= 0.6 is 0 Å². The van der Waals surface area contributed by atoms with E-state index in [-0.39, 0.29) is 0 Å². The monoisotopic (exact) mass is 308 g/mol. The molecule has 1 aliphatic rings. The molecular weight excluding hydrogens is 288 g/mol. The first-order chi connectivity index (χ1) is 11.9. The fourth-order valence-corrected chi connectivity index (χ4v) is 4.38. The smallest absolute Gasteiger partial charge is 0.0102 e. The molecule has 5 rings (SSSR count). The molecule has 0 spiro atoms. The maximum absolute atomic E-state index is 2.37. The Morgan fingerprint density at radius 2 is 1.42 bits per heavy atom. The number of rotatable bonds is 1. The molecule has 0 N–H and O–H groups in total. The fraction of sp³-hybridized carbons (Fsp3) is 0.167. The summed E-state index contributed by atoms with van der Waals surface area (Å²) in [7, 11) is 0. The van der Waals surface area contributed by atoms with Crippen molar-refractivity contribution in [1.29, 1.82) is 0 Å². The number of hydrogen-bond donors (Lipinski definition) is 0. The molecule has 0 heteroatoms. The first-order valence-corrected chi connectivity index (χ1v) is 8.87. The van der Waals surface area contributed by atoms with E-state index in [0.29, 0.717) is 5.92 Å². The van der Waals surface area contributed by atoms with Gasteiger partial charge in [0.15, 0.2) is 0 Å². The first-order valence-electron chi connectivity index (χ1n) is 8.87. The van der Waals surface area contributed by atoms with Crippen LogP contribution in [0.2, 0.25) is 0 Å². The van der Waals surface area contributed by atoms with Gasteiger partial charge in [-0.1, -0.05) is 78.9 Å². The van der Waals surface area contributed by atoms with Crippen molar-refractivity contribution >= 4 is 21.5 Å². The molecule has 0 nitrogen and oxygen atoms in total. The molecule has 0 fully saturated rings. The Labute approximate surface area is 142 Å². The van der Waals surface area contributed by atoms with Gasteiger partial charge in [-0.15, -0.1) is 0 Å². The van der Waals surface area contributed by atoms with Crippen molar-refractivity contribution in [2.45, 2.75) is 25.2 Å². The van der Waals surface area contributed by atoms with Gasteiger partial charge >= 0.3 is 0 Å². The minimum Gasteiger partial charge on any atom is -0.0622 e. The Bertz CT molecular complexity index is 1030. The average Bonchev–Trinajstić information content (AvgIpc) is 2.67. The number of fused-ring (bicyclic) bond motifs is 5. The molecule has 0 radical (unpaired) electrons. The SMILES string of the molecule is c1ccc(C2CCc3c(ccc4c3ccc3ccccc34)C2)cc1. The molecule has 4 aromatic carbocycles. The Morgan fingerprint density at radius 3 is 2.33 bits per heavy atom. The second-order valence-electron chi connectivity index (χ2n) is 6.94. The van der Waals surface area contributed by atoms with Crippen LogP contribution in [0.5, 0.6) is 0 Å². The van der Waals surface area contributed by atoms with Crippen LogP contribution in [-0.4, -0.2) is 0 Å². The van der Waals surface area contributed by atoms with Crippen molar-refractivity contribution in [1.82, 2.24) is 0 Å². The van der Waals surface area contributed by atoms with Crippen molar-refractivity contribution in [2.75, 3.05) is 0 Å². The zero-order chi connectivity index (χ0) is 15.9. The van der Waals surface area contributed by atoms with Crippen LogP contribution in [0.15, 0.2) is 78.9 Å². The molecule has 0 bridgehead atoms. The Balaban J connectivity index is 1.64. The zero-order valence-corrected chi connectivity index (χ0v) is 13.7. The molecule has 4 aromatic rings. The minimum absolute atomic E-state index is 0.664. The molecule has 0 saturated carbocycles. The largest absolute Gasteiger partial charge is 0.0622 e. The summed E-state index contributed by atoms with van der Waals surface area (Å²) in [4.78, 5) is 0. The van der Waals surface area contributed by atoms with E-state index in [4.69, 9.17) is 0 Å². The van der Waals surface area contributed by atoms with Crippen LogP contribution in [0, 0.1) is 0 Å². The lowest BCUT2D eigenvalue weighted by atomic mass is 9.78. The van der Waals surface area contributed by atoms with Crippen LogP contribution in [-0.2, 0) is 12.8 Å². The molecule has 0 saturated heterocycles. The van der Waals surface area contributed by atoms with E-state index in [1.807, 2.05) is 0 Å². The summed E-state index contributed by atoms with van der Waals surface area (Å²) in [6.45, 7) is 0. The predicted molar refractivity (Wildman–Crippen MR) is 103 cm³/mol. The van der Waals surface area contributed by atoms with Gasteiger partial charge in [-0.2, -0.15) is 0 Å². The lowest BCUT2D eigenvalue weighted by Crippen LogP contribution is -2.13. The second kappa shape index (κ2) is 5.49. The minimum atomic E-state index is 0.664. The molecule has 116 valence electrons. The molecule has 24 heavy (non-hydrogen) atoms. The van der Waals surface area contributed by atoms with Gasteiger partial charge in [0.2, 0.25) is 0 Å². The molecule has 0 heterocycles. The molecule has 1 aliphatic carbocycles. The average molecular weight is 308 g/mol. The quantitative estimate of drug-likeness (QED) is 0.364. The predicted octanol–water partition coefficient (Wildman–Crippen LogP) is 6.27. The molecule has 0 aliphatic heterocycles. The highest BCUT2D eigenvalue weighted by Gasteiger charge is 2.21. The molecule has 0 aromatic heterocycles. The van der Waals surface area contributed by atoms with Crippen LogP contribution in [0.25, 0.3) is 21.5 Å². The third kappa shape index (κ3) is 2.14. The number of hydrogen-bond acceptors (Lipinski definition) is 0. The van der Waals surface area contributed by atoms with Crippen molar-refractivity contribution < 1.29 is 0 Å². The van der Waals surface area contributed by atoms with E-state index >= 15 is 0 Å². The molecule has 1 atom stereocenters. The standard InChI is InChI=1S/C24H20/c1-2-6-17(7-3-1)19-11-13-22-20(16-19)12-15-23-21-9-5-4-8-18(21)10-14-24(22)23/h1-10,12,14-15,19H,11,13,16H2. The highest BCUT2D eigenvalue weighted by Crippen LogP contribution is 2.37. The van der Waals surface area contributed by atoms with Crippen LogP contribution in [0.1, 0.15) is 29.0 Å². The Hall–Kier alpha value is -2.60. The van der Waals surface area contributed by atoms with Gasteiger partial charge in [0.25, 0.3) is 0 Å². The van der Waals surface area contributed by atoms with Crippen molar-refractivity contribution in [2.24, 2.45) is 0 Å². The lowest BCUT2D eigenvalue weighted by molar-refractivity contribution is 0.588. The zero-order valence-electron chi connectivity index (χ0n) is 13.7. The summed E-state index contributed by atoms with van der Waals surface area (Å²) >= 11 is 0. The van der Waals surface area contributed by atoms with Crippen LogP contribution in [0.4, 0.5) is 0 Å². The third-order valence-corrected chi connectivity index (χ3v) is 5.61. The summed E-state index contributed by atoms with van der Waals surface area (Å²) in [6.07, 6.45) is 3.61. The summed E-state index contributed by atoms with van der Waals surface area (Å²) in [5, 5.41) is 5.58. The number of benzene rings is 4. The maximum atomic E-state index is 2.37. The van der Waals surface area contributed by atoms with E-state index in [1.165, 1.54) is 51.9 Å². The summed E-state index contributed by atoms with van der Waals surface area (Å²) in [6, 6.07) is 29.1. The lowest BCUT2D eigenvalue weighted by Gasteiger charge is -2.26. The molecular formula is C24H20. The fourth-order valence-electron chi connectivity index (χ4n) is 4.38. The normalized spacial score (nSPS) is 17.1. The summed E-state index contributed by atoms with van der Waals surface area (Å²) in [5.41, 5.74) is 4.60. The van der Waals surface area contributed by atoms with Gasteiger partial charge in [0, 0.05) is 0 Å². The van der Waals surface area contributed by atoms with Crippen molar-refractivity contribution in [3.05, 3.63) is 95.6 Å². The van der Waals surface area contributed by atoms with E-state index in [0.717, 1.165) is 0 Å². The van der Waals surface area contributed by atoms with Crippen molar-refractivity contribution in [3.63, 3.8) is 0 Å². The van der Waals surface area contributed by atoms with Gasteiger partial charge in [-0.25, -0.2) is 0 Å². The Morgan fingerprint density at radius 1 is 0.625 bits per heavy atom. The van der Waals surface area contributed by atoms with Gasteiger partial charge < -0.3 is 0 Å². The van der Waals surface area contributed by atoms with E-state index in [9.17, 15) is 0 Å². The highest BCUT2D eigenvalue weighted by atomic mass is 14.3. The van der Waals surface area contributed by atoms with Crippen LogP contribution in [0.3, 0.4) is 0 Å². The summed E-state index contributed by atoms with van der Waals surface area (Å²) < 4.78 is 0. The van der Waals surface area contributed by atoms with Gasteiger partial charge in [-0.3, -0.25) is 0 Å². The molecule has 1 unspecified atom stereocenters. The first kappa shape index (κ1) is 13.8. The third-order valence-electron chi connectivity index (χ3n) is 5.61.